The molecule has 1 amide bonds. The molecule has 0 aliphatic rings. The molecular weight excluding hydrogens is 294 g/mol. The number of benzene rings is 1. The molecule has 1 heterocycles. The molecule has 2 rings (SSSR count). The Hall–Kier alpha value is -1.55. The number of rotatable bonds is 4. The molecule has 0 aliphatic heterocycles. The number of halogens is 1. The molecule has 94 valence electrons. The average molecular weight is 308 g/mol. The largest absolute Gasteiger partial charge is 0.459 e. The minimum Gasteiger partial charge on any atom is -0.459 e. The van der Waals surface area contributed by atoms with Crippen LogP contribution in [0, 0.1) is 0 Å². The first-order valence-corrected chi connectivity index (χ1v) is 6.60. The maximum Gasteiger partial charge on any atom is 0.287 e. The van der Waals surface area contributed by atoms with E-state index in [1.54, 1.807) is 12.1 Å². The van der Waals surface area contributed by atoms with Crippen LogP contribution >= 0.6 is 15.9 Å². The molecule has 4 heteroatoms. The molecule has 0 fully saturated rings. The van der Waals surface area contributed by atoms with Crippen LogP contribution in [-0.2, 0) is 0 Å². The van der Waals surface area contributed by atoms with Crippen molar-refractivity contribution < 1.29 is 9.21 Å². The van der Waals surface area contributed by atoms with Crippen LogP contribution in [0.1, 0.15) is 35.5 Å². The van der Waals surface area contributed by atoms with Gasteiger partial charge in [0.15, 0.2) is 5.76 Å². The predicted octanol–water partition coefficient (Wildman–Crippen LogP) is 3.92. The molecule has 18 heavy (non-hydrogen) atoms. The highest BCUT2D eigenvalue weighted by atomic mass is 79.9. The first-order valence-electron chi connectivity index (χ1n) is 5.80. The third-order valence-electron chi connectivity index (χ3n) is 2.73. The summed E-state index contributed by atoms with van der Waals surface area (Å²) in [6.45, 7) is 2.04. The number of carbonyl (C=O) groups excluding carboxylic acids is 1. The van der Waals surface area contributed by atoms with E-state index in [2.05, 4.69) is 21.2 Å². The quantitative estimate of drug-likeness (QED) is 0.930. The second-order valence-electron chi connectivity index (χ2n) is 3.96. The van der Waals surface area contributed by atoms with E-state index >= 15 is 0 Å². The summed E-state index contributed by atoms with van der Waals surface area (Å²) in [6, 6.07) is 11.3. The van der Waals surface area contributed by atoms with Gasteiger partial charge in [-0.15, -0.1) is 0 Å². The van der Waals surface area contributed by atoms with Crippen molar-refractivity contribution in [3.8, 4) is 0 Å². The summed E-state index contributed by atoms with van der Waals surface area (Å²) in [6.07, 6.45) is 2.32. The van der Waals surface area contributed by atoms with Crippen LogP contribution < -0.4 is 5.32 Å². The van der Waals surface area contributed by atoms with Gasteiger partial charge in [0.2, 0.25) is 0 Å². The van der Waals surface area contributed by atoms with Crippen LogP contribution in [0.5, 0.6) is 0 Å². The standard InChI is InChI=1S/C14H14BrNO2/c1-2-12(10-5-7-11(15)8-6-10)16-14(17)13-4-3-9-18-13/h3-9,12H,2H2,1H3,(H,16,17). The molecule has 0 radical (unpaired) electrons. The molecule has 1 atom stereocenters. The van der Waals surface area contributed by atoms with Crippen LogP contribution in [0.4, 0.5) is 0 Å². The van der Waals surface area contributed by atoms with Gasteiger partial charge >= 0.3 is 0 Å². The smallest absolute Gasteiger partial charge is 0.287 e. The zero-order chi connectivity index (χ0) is 13.0. The van der Waals surface area contributed by atoms with Crippen LogP contribution in [0.3, 0.4) is 0 Å². The van der Waals surface area contributed by atoms with Gasteiger partial charge in [-0.25, -0.2) is 0 Å². The minimum atomic E-state index is -0.185. The van der Waals surface area contributed by atoms with Crippen molar-refractivity contribution in [2.24, 2.45) is 0 Å². The van der Waals surface area contributed by atoms with Crippen LogP contribution in [-0.4, -0.2) is 5.91 Å². The summed E-state index contributed by atoms with van der Waals surface area (Å²) in [4.78, 5) is 11.9. The lowest BCUT2D eigenvalue weighted by atomic mass is 10.0. The molecule has 0 aliphatic carbocycles. The number of hydrogen-bond donors (Lipinski definition) is 1. The third kappa shape index (κ3) is 3.01. The maximum atomic E-state index is 11.9. The van der Waals surface area contributed by atoms with Gasteiger partial charge in [0.1, 0.15) is 0 Å². The van der Waals surface area contributed by atoms with Crippen molar-refractivity contribution >= 4 is 21.8 Å². The monoisotopic (exact) mass is 307 g/mol. The Balaban J connectivity index is 2.10. The second-order valence-corrected chi connectivity index (χ2v) is 4.88. The lowest BCUT2D eigenvalue weighted by Gasteiger charge is -2.16. The molecule has 0 bridgehead atoms. The van der Waals surface area contributed by atoms with E-state index in [1.807, 2.05) is 31.2 Å². The van der Waals surface area contributed by atoms with Crippen molar-refractivity contribution in [1.82, 2.24) is 5.32 Å². The zero-order valence-electron chi connectivity index (χ0n) is 10.0. The fraction of sp³-hybridized carbons (Fsp3) is 0.214. The Morgan fingerprint density at radius 2 is 2.06 bits per heavy atom. The predicted molar refractivity (Wildman–Crippen MR) is 73.3 cm³/mol. The first-order chi connectivity index (χ1) is 8.70. The summed E-state index contributed by atoms with van der Waals surface area (Å²) < 4.78 is 6.10. The summed E-state index contributed by atoms with van der Waals surface area (Å²) in [5.74, 6) is 0.153. The van der Waals surface area contributed by atoms with E-state index in [0.29, 0.717) is 5.76 Å². The van der Waals surface area contributed by atoms with E-state index < -0.39 is 0 Å². The van der Waals surface area contributed by atoms with E-state index in [0.717, 1.165) is 16.5 Å². The minimum absolute atomic E-state index is 0.00398. The maximum absolute atomic E-state index is 11.9. The van der Waals surface area contributed by atoms with Crippen molar-refractivity contribution in [1.29, 1.82) is 0 Å². The van der Waals surface area contributed by atoms with Gasteiger partial charge in [-0.2, -0.15) is 0 Å². The summed E-state index contributed by atoms with van der Waals surface area (Å²) >= 11 is 3.40. The van der Waals surface area contributed by atoms with Gasteiger partial charge in [-0.05, 0) is 36.2 Å². The summed E-state index contributed by atoms with van der Waals surface area (Å²) in [5, 5.41) is 2.96. The second kappa shape index (κ2) is 5.87. The van der Waals surface area contributed by atoms with Crippen molar-refractivity contribution in [2.75, 3.05) is 0 Å². The van der Waals surface area contributed by atoms with E-state index in [1.165, 1.54) is 6.26 Å². The molecule has 1 aromatic carbocycles. The van der Waals surface area contributed by atoms with Gasteiger partial charge in [-0.1, -0.05) is 35.0 Å². The normalized spacial score (nSPS) is 12.1. The summed E-state index contributed by atoms with van der Waals surface area (Å²) in [5.41, 5.74) is 1.08. The summed E-state index contributed by atoms with van der Waals surface area (Å²) in [7, 11) is 0. The third-order valence-corrected chi connectivity index (χ3v) is 3.26. The van der Waals surface area contributed by atoms with Gasteiger partial charge in [0, 0.05) is 4.47 Å². The van der Waals surface area contributed by atoms with Gasteiger partial charge < -0.3 is 9.73 Å². The van der Waals surface area contributed by atoms with Crippen LogP contribution in [0.2, 0.25) is 0 Å². The topological polar surface area (TPSA) is 42.2 Å². The lowest BCUT2D eigenvalue weighted by molar-refractivity contribution is 0.0907. The molecule has 0 saturated carbocycles. The molecule has 1 N–H and O–H groups in total. The number of furan rings is 1. The Morgan fingerprint density at radius 1 is 1.33 bits per heavy atom. The lowest BCUT2D eigenvalue weighted by Crippen LogP contribution is -2.27. The highest BCUT2D eigenvalue weighted by molar-refractivity contribution is 9.10. The van der Waals surface area contributed by atoms with E-state index in [-0.39, 0.29) is 11.9 Å². The molecule has 1 unspecified atom stereocenters. The fourth-order valence-electron chi connectivity index (χ4n) is 1.75. The highest BCUT2D eigenvalue weighted by Crippen LogP contribution is 2.20. The van der Waals surface area contributed by atoms with Gasteiger partial charge in [0.25, 0.3) is 5.91 Å². The number of carbonyl (C=O) groups is 1. The molecule has 1 aromatic heterocycles. The molecule has 2 aromatic rings. The Morgan fingerprint density at radius 3 is 2.61 bits per heavy atom. The van der Waals surface area contributed by atoms with Crippen molar-refractivity contribution in [2.45, 2.75) is 19.4 Å². The molecule has 0 saturated heterocycles. The van der Waals surface area contributed by atoms with Crippen molar-refractivity contribution in [3.05, 3.63) is 58.5 Å². The Kier molecular flexibility index (Phi) is 4.20. The molecular formula is C14H14BrNO2. The van der Waals surface area contributed by atoms with Crippen molar-refractivity contribution in [3.63, 3.8) is 0 Å². The molecule has 0 spiro atoms. The molecule has 3 nitrogen and oxygen atoms in total. The van der Waals surface area contributed by atoms with Crippen LogP contribution in [0.25, 0.3) is 0 Å². The number of amides is 1. The zero-order valence-corrected chi connectivity index (χ0v) is 11.6. The SMILES string of the molecule is CCC(NC(=O)c1ccco1)c1ccc(Br)cc1. The van der Waals surface area contributed by atoms with Gasteiger partial charge in [-0.3, -0.25) is 4.79 Å². The average Bonchev–Trinajstić information content (AvgIpc) is 2.91. The number of nitrogens with one attached hydrogen (secondary N) is 1. The van der Waals surface area contributed by atoms with Crippen LogP contribution in [0.15, 0.2) is 51.6 Å². The highest BCUT2D eigenvalue weighted by Gasteiger charge is 2.15. The van der Waals surface area contributed by atoms with E-state index in [4.69, 9.17) is 4.42 Å². The first kappa shape index (κ1) is 12.9. The Bertz CT molecular complexity index is 505. The Labute approximate surface area is 114 Å². The van der Waals surface area contributed by atoms with Gasteiger partial charge in [0.05, 0.1) is 12.3 Å². The van der Waals surface area contributed by atoms with E-state index in [9.17, 15) is 4.79 Å². The fourth-order valence-corrected chi connectivity index (χ4v) is 2.02. The number of hydrogen-bond acceptors (Lipinski definition) is 2.